The molecule has 1 saturated carbocycles. The smallest absolute Gasteiger partial charge is 0.223 e. The van der Waals surface area contributed by atoms with Crippen molar-refractivity contribution in [3.05, 3.63) is 23.8 Å². The molecule has 0 bridgehead atoms. The maximum atomic E-state index is 12.5. The Morgan fingerprint density at radius 2 is 1.77 bits per heavy atom. The van der Waals surface area contributed by atoms with Gasteiger partial charge in [0.15, 0.2) is 11.5 Å². The number of likely N-dealkylation sites (tertiary alicyclic amines) is 1. The van der Waals surface area contributed by atoms with Crippen molar-refractivity contribution < 1.29 is 19.1 Å². The molecule has 1 aliphatic heterocycles. The summed E-state index contributed by atoms with van der Waals surface area (Å²) in [5, 5.41) is 3.12. The van der Waals surface area contributed by atoms with Gasteiger partial charge in [-0.2, -0.15) is 0 Å². The molecule has 2 amide bonds. The number of carbonyl (C=O) groups is 2. The van der Waals surface area contributed by atoms with Crippen LogP contribution in [0, 0.1) is 5.92 Å². The predicted octanol–water partition coefficient (Wildman–Crippen LogP) is 2.15. The van der Waals surface area contributed by atoms with Gasteiger partial charge in [0.25, 0.3) is 0 Å². The minimum Gasteiger partial charge on any atom is -0.493 e. The largest absolute Gasteiger partial charge is 0.493 e. The van der Waals surface area contributed by atoms with E-state index in [0.717, 1.165) is 44.3 Å². The summed E-state index contributed by atoms with van der Waals surface area (Å²) in [6.07, 6.45) is 4.91. The quantitative estimate of drug-likeness (QED) is 0.809. The van der Waals surface area contributed by atoms with E-state index in [1.165, 1.54) is 0 Å². The maximum absolute atomic E-state index is 12.5. The Kier molecular flexibility index (Phi) is 6.01. The fourth-order valence-electron chi connectivity index (χ4n) is 3.38. The Morgan fingerprint density at radius 3 is 2.38 bits per heavy atom. The van der Waals surface area contributed by atoms with Crippen LogP contribution in [0.5, 0.6) is 11.5 Å². The third-order valence-electron chi connectivity index (χ3n) is 5.22. The number of aryl methyl sites for hydroxylation is 1. The van der Waals surface area contributed by atoms with Crippen LogP contribution in [0.15, 0.2) is 18.2 Å². The molecule has 1 aromatic rings. The molecule has 26 heavy (non-hydrogen) atoms. The summed E-state index contributed by atoms with van der Waals surface area (Å²) in [5.74, 6) is 1.99. The first-order chi connectivity index (χ1) is 12.6. The summed E-state index contributed by atoms with van der Waals surface area (Å²) in [6.45, 7) is 1.45. The molecule has 1 aromatic carbocycles. The van der Waals surface area contributed by atoms with Gasteiger partial charge in [-0.1, -0.05) is 6.07 Å². The van der Waals surface area contributed by atoms with E-state index >= 15 is 0 Å². The normalized spacial score (nSPS) is 17.7. The monoisotopic (exact) mass is 360 g/mol. The molecule has 2 aliphatic rings. The number of rotatable bonds is 7. The van der Waals surface area contributed by atoms with E-state index in [1.54, 1.807) is 14.2 Å². The number of ether oxygens (including phenoxy) is 2. The van der Waals surface area contributed by atoms with Crippen LogP contribution in [-0.4, -0.2) is 50.1 Å². The van der Waals surface area contributed by atoms with Crippen LogP contribution < -0.4 is 14.8 Å². The number of hydrogen-bond acceptors (Lipinski definition) is 4. The van der Waals surface area contributed by atoms with Crippen molar-refractivity contribution in [3.63, 3.8) is 0 Å². The molecule has 0 unspecified atom stereocenters. The van der Waals surface area contributed by atoms with Crippen LogP contribution in [0.4, 0.5) is 0 Å². The third-order valence-corrected chi connectivity index (χ3v) is 5.22. The van der Waals surface area contributed by atoms with Gasteiger partial charge in [-0.15, -0.1) is 0 Å². The van der Waals surface area contributed by atoms with Crippen LogP contribution in [0.1, 0.15) is 37.7 Å². The first-order valence-corrected chi connectivity index (χ1v) is 9.39. The number of nitrogens with one attached hydrogen (secondary N) is 1. The Labute approximate surface area is 154 Å². The van der Waals surface area contributed by atoms with Gasteiger partial charge in [-0.3, -0.25) is 9.59 Å². The van der Waals surface area contributed by atoms with Crippen LogP contribution in [0.2, 0.25) is 0 Å². The number of amides is 2. The fraction of sp³-hybridized carbons (Fsp3) is 0.600. The number of methoxy groups -OCH3 is 2. The zero-order valence-corrected chi connectivity index (χ0v) is 15.6. The lowest BCUT2D eigenvalue weighted by atomic mass is 10.0. The third kappa shape index (κ3) is 4.68. The van der Waals surface area contributed by atoms with Gasteiger partial charge < -0.3 is 19.7 Å². The molecule has 1 N–H and O–H groups in total. The van der Waals surface area contributed by atoms with E-state index in [9.17, 15) is 9.59 Å². The average molecular weight is 360 g/mol. The van der Waals surface area contributed by atoms with E-state index in [1.807, 2.05) is 23.1 Å². The Balaban J connectivity index is 1.43. The molecule has 2 fully saturated rings. The highest BCUT2D eigenvalue weighted by molar-refractivity contribution is 5.81. The summed E-state index contributed by atoms with van der Waals surface area (Å²) in [5.41, 5.74) is 1.06. The highest BCUT2D eigenvalue weighted by Crippen LogP contribution is 2.29. The second kappa shape index (κ2) is 8.43. The molecule has 6 heteroatoms. The van der Waals surface area contributed by atoms with E-state index < -0.39 is 0 Å². The molecule has 0 radical (unpaired) electrons. The van der Waals surface area contributed by atoms with Gasteiger partial charge >= 0.3 is 0 Å². The number of carbonyl (C=O) groups excluding carboxylic acids is 2. The van der Waals surface area contributed by atoms with E-state index in [-0.39, 0.29) is 23.8 Å². The summed E-state index contributed by atoms with van der Waals surface area (Å²) in [6, 6.07) is 5.98. The van der Waals surface area contributed by atoms with Gasteiger partial charge in [0.1, 0.15) is 0 Å². The minimum absolute atomic E-state index is 0.173. The standard InChI is InChI=1S/C20H28N2O4/c1-25-17-7-3-14(13-18(17)26-2)4-8-19(23)22-11-9-16(10-12-22)21-20(24)15-5-6-15/h3,7,13,15-16H,4-6,8-12H2,1-2H3,(H,21,24). The van der Waals surface area contributed by atoms with Gasteiger partial charge in [0, 0.05) is 31.5 Å². The number of piperidine rings is 1. The second-order valence-corrected chi connectivity index (χ2v) is 7.13. The molecular formula is C20H28N2O4. The van der Waals surface area contributed by atoms with Crippen molar-refractivity contribution in [1.82, 2.24) is 10.2 Å². The van der Waals surface area contributed by atoms with Crippen molar-refractivity contribution in [2.24, 2.45) is 5.92 Å². The van der Waals surface area contributed by atoms with E-state index in [2.05, 4.69) is 5.32 Å². The first kappa shape index (κ1) is 18.5. The highest BCUT2D eigenvalue weighted by Gasteiger charge is 2.32. The van der Waals surface area contributed by atoms with E-state index in [0.29, 0.717) is 24.3 Å². The van der Waals surface area contributed by atoms with Gasteiger partial charge in [0.05, 0.1) is 14.2 Å². The average Bonchev–Trinajstić information content (AvgIpc) is 3.51. The van der Waals surface area contributed by atoms with E-state index in [4.69, 9.17) is 9.47 Å². The van der Waals surface area contributed by atoms with Crippen molar-refractivity contribution >= 4 is 11.8 Å². The Morgan fingerprint density at radius 1 is 1.08 bits per heavy atom. The molecule has 142 valence electrons. The molecule has 0 atom stereocenters. The molecule has 3 rings (SSSR count). The summed E-state index contributed by atoms with van der Waals surface area (Å²) in [4.78, 5) is 26.2. The molecule has 0 aromatic heterocycles. The summed E-state index contributed by atoms with van der Waals surface area (Å²) >= 11 is 0. The molecule has 1 aliphatic carbocycles. The van der Waals surface area contributed by atoms with Crippen molar-refractivity contribution in [3.8, 4) is 11.5 Å². The van der Waals surface area contributed by atoms with Crippen LogP contribution in [0.3, 0.4) is 0 Å². The van der Waals surface area contributed by atoms with Crippen molar-refractivity contribution in [2.45, 2.75) is 44.6 Å². The molecule has 6 nitrogen and oxygen atoms in total. The lowest BCUT2D eigenvalue weighted by Gasteiger charge is -2.32. The van der Waals surface area contributed by atoms with Gasteiger partial charge in [-0.05, 0) is 49.8 Å². The Bertz CT molecular complexity index is 649. The zero-order valence-electron chi connectivity index (χ0n) is 15.6. The zero-order chi connectivity index (χ0) is 18.5. The number of benzene rings is 1. The van der Waals surface area contributed by atoms with Crippen LogP contribution in [0.25, 0.3) is 0 Å². The SMILES string of the molecule is COc1ccc(CCC(=O)N2CCC(NC(=O)C3CC3)CC2)cc1OC. The fourth-order valence-corrected chi connectivity index (χ4v) is 3.38. The molecule has 1 saturated heterocycles. The molecular weight excluding hydrogens is 332 g/mol. The lowest BCUT2D eigenvalue weighted by molar-refractivity contribution is -0.132. The highest BCUT2D eigenvalue weighted by atomic mass is 16.5. The minimum atomic E-state index is 0.173. The van der Waals surface area contributed by atoms with Crippen LogP contribution in [-0.2, 0) is 16.0 Å². The second-order valence-electron chi connectivity index (χ2n) is 7.13. The number of nitrogens with zero attached hydrogens (tertiary/aromatic N) is 1. The van der Waals surface area contributed by atoms with Crippen LogP contribution >= 0.6 is 0 Å². The number of hydrogen-bond donors (Lipinski definition) is 1. The first-order valence-electron chi connectivity index (χ1n) is 9.39. The van der Waals surface area contributed by atoms with Gasteiger partial charge in [0.2, 0.25) is 11.8 Å². The lowest BCUT2D eigenvalue weighted by Crippen LogP contribution is -2.47. The summed E-state index contributed by atoms with van der Waals surface area (Å²) < 4.78 is 10.5. The Hall–Kier alpha value is -2.24. The molecule has 0 spiro atoms. The predicted molar refractivity (Wildman–Crippen MR) is 98.3 cm³/mol. The maximum Gasteiger partial charge on any atom is 0.223 e. The molecule has 1 heterocycles. The summed E-state index contributed by atoms with van der Waals surface area (Å²) in [7, 11) is 3.22. The van der Waals surface area contributed by atoms with Crippen molar-refractivity contribution in [1.29, 1.82) is 0 Å². The topological polar surface area (TPSA) is 67.9 Å². The van der Waals surface area contributed by atoms with Gasteiger partial charge in [-0.25, -0.2) is 0 Å². The van der Waals surface area contributed by atoms with Crippen molar-refractivity contribution in [2.75, 3.05) is 27.3 Å².